The van der Waals surface area contributed by atoms with E-state index < -0.39 is 28.5 Å². The van der Waals surface area contributed by atoms with Crippen LogP contribution in [0.1, 0.15) is 25.0 Å². The fourth-order valence-electron chi connectivity index (χ4n) is 3.16. The minimum atomic E-state index is -3.76. The number of benzene rings is 2. The van der Waals surface area contributed by atoms with E-state index in [1.54, 1.807) is 38.1 Å². The van der Waals surface area contributed by atoms with Gasteiger partial charge in [0.25, 0.3) is 0 Å². The van der Waals surface area contributed by atoms with Crippen molar-refractivity contribution in [1.29, 1.82) is 0 Å². The summed E-state index contributed by atoms with van der Waals surface area (Å²) >= 11 is 0. The Balaban J connectivity index is 2.35. The third kappa shape index (κ3) is 6.71. The predicted octanol–water partition coefficient (Wildman–Crippen LogP) is 2.32. The van der Waals surface area contributed by atoms with Gasteiger partial charge in [-0.25, -0.2) is 8.42 Å². The molecule has 1 atom stereocenters. The molecule has 2 rings (SSSR count). The van der Waals surface area contributed by atoms with Gasteiger partial charge in [0, 0.05) is 13.1 Å². The Morgan fingerprint density at radius 1 is 1.06 bits per heavy atom. The van der Waals surface area contributed by atoms with Gasteiger partial charge < -0.3 is 15.0 Å². The summed E-state index contributed by atoms with van der Waals surface area (Å²) in [5.41, 5.74) is 2.25. The lowest BCUT2D eigenvalue weighted by molar-refractivity contribution is -0.139. The second-order valence-corrected chi connectivity index (χ2v) is 9.45. The van der Waals surface area contributed by atoms with E-state index in [0.29, 0.717) is 18.0 Å². The summed E-state index contributed by atoms with van der Waals surface area (Å²) < 4.78 is 31.1. The number of carbonyl (C=O) groups excluding carboxylic acids is 2. The smallest absolute Gasteiger partial charge is 0.244 e. The number of hydrogen-bond donors (Lipinski definition) is 1. The summed E-state index contributed by atoms with van der Waals surface area (Å²) in [6.07, 6.45) is 1.04. The summed E-state index contributed by atoms with van der Waals surface area (Å²) in [7, 11) is -2.24. The van der Waals surface area contributed by atoms with E-state index in [4.69, 9.17) is 4.74 Å². The van der Waals surface area contributed by atoms with Crippen molar-refractivity contribution in [2.45, 2.75) is 33.4 Å². The van der Waals surface area contributed by atoms with E-state index in [-0.39, 0.29) is 12.5 Å². The quantitative estimate of drug-likeness (QED) is 0.586. The number of carbonyl (C=O) groups is 2. The molecule has 0 aliphatic carbocycles. The van der Waals surface area contributed by atoms with Gasteiger partial charge in [-0.15, -0.1) is 0 Å². The molecule has 1 N–H and O–H groups in total. The van der Waals surface area contributed by atoms with Gasteiger partial charge in [0.15, 0.2) is 0 Å². The maximum Gasteiger partial charge on any atom is 0.244 e. The van der Waals surface area contributed by atoms with Crippen LogP contribution < -0.4 is 14.4 Å². The lowest BCUT2D eigenvalue weighted by atomic mass is 10.1. The van der Waals surface area contributed by atoms with Gasteiger partial charge in [-0.3, -0.25) is 13.9 Å². The maximum absolute atomic E-state index is 13.3. The molecule has 1 unspecified atom stereocenters. The molecular formula is C23H31N3O5S. The van der Waals surface area contributed by atoms with Crippen molar-refractivity contribution < 1.29 is 22.7 Å². The summed E-state index contributed by atoms with van der Waals surface area (Å²) in [4.78, 5) is 27.2. The highest BCUT2D eigenvalue weighted by Crippen LogP contribution is 2.22. The van der Waals surface area contributed by atoms with E-state index in [9.17, 15) is 18.0 Å². The van der Waals surface area contributed by atoms with Crippen molar-refractivity contribution in [3.63, 3.8) is 0 Å². The molecule has 0 fully saturated rings. The first-order valence-electron chi connectivity index (χ1n) is 10.3. The van der Waals surface area contributed by atoms with Gasteiger partial charge in [0.05, 0.1) is 19.1 Å². The van der Waals surface area contributed by atoms with Crippen molar-refractivity contribution in [2.75, 3.05) is 30.8 Å². The van der Waals surface area contributed by atoms with Crippen LogP contribution in [0.15, 0.2) is 48.5 Å². The van der Waals surface area contributed by atoms with Crippen molar-refractivity contribution in [3.8, 4) is 5.75 Å². The zero-order valence-corrected chi connectivity index (χ0v) is 20.0. The number of methoxy groups -OCH3 is 1. The summed E-state index contributed by atoms with van der Waals surface area (Å²) in [6, 6.07) is 13.2. The molecule has 0 bridgehead atoms. The Morgan fingerprint density at radius 3 is 2.16 bits per heavy atom. The summed E-state index contributed by atoms with van der Waals surface area (Å²) in [5.74, 6) is -0.215. The number of amides is 2. The molecule has 0 radical (unpaired) electrons. The monoisotopic (exact) mass is 461 g/mol. The van der Waals surface area contributed by atoms with Crippen LogP contribution in [0, 0.1) is 6.92 Å². The number of ether oxygens (including phenoxy) is 1. The fourth-order valence-corrected chi connectivity index (χ4v) is 4.01. The summed E-state index contributed by atoms with van der Waals surface area (Å²) in [5, 5.41) is 2.72. The van der Waals surface area contributed by atoms with E-state index in [1.807, 2.05) is 31.2 Å². The van der Waals surface area contributed by atoms with Gasteiger partial charge in [-0.1, -0.05) is 29.8 Å². The molecule has 2 amide bonds. The van der Waals surface area contributed by atoms with E-state index in [2.05, 4.69) is 5.32 Å². The van der Waals surface area contributed by atoms with Crippen molar-refractivity contribution in [3.05, 3.63) is 59.7 Å². The Hall–Kier alpha value is -3.07. The second kappa shape index (κ2) is 11.0. The second-order valence-electron chi connectivity index (χ2n) is 7.55. The minimum absolute atomic E-state index is 0.178. The van der Waals surface area contributed by atoms with Crippen LogP contribution in [0.25, 0.3) is 0 Å². The van der Waals surface area contributed by atoms with Crippen LogP contribution in [0.4, 0.5) is 5.69 Å². The summed E-state index contributed by atoms with van der Waals surface area (Å²) in [6.45, 7) is 5.57. The van der Waals surface area contributed by atoms with Crippen molar-refractivity contribution >= 4 is 27.5 Å². The molecule has 0 saturated heterocycles. The minimum Gasteiger partial charge on any atom is -0.497 e. The molecule has 0 aromatic heterocycles. The molecule has 0 aliphatic rings. The number of anilines is 1. The molecule has 9 heteroatoms. The molecule has 32 heavy (non-hydrogen) atoms. The first-order chi connectivity index (χ1) is 15.1. The number of rotatable bonds is 10. The normalized spacial score (nSPS) is 12.0. The van der Waals surface area contributed by atoms with Crippen LogP contribution in [0.2, 0.25) is 0 Å². The number of likely N-dealkylation sites (N-methyl/N-ethyl adjacent to an activating group) is 1. The third-order valence-electron chi connectivity index (χ3n) is 5.03. The Bertz CT molecular complexity index is 1020. The number of aryl methyl sites for hydroxylation is 1. The molecule has 0 saturated carbocycles. The highest BCUT2D eigenvalue weighted by molar-refractivity contribution is 7.92. The topological polar surface area (TPSA) is 96.0 Å². The maximum atomic E-state index is 13.3. The third-order valence-corrected chi connectivity index (χ3v) is 6.17. The van der Waals surface area contributed by atoms with Gasteiger partial charge in [-0.2, -0.15) is 0 Å². The average Bonchev–Trinajstić information content (AvgIpc) is 2.76. The van der Waals surface area contributed by atoms with Crippen LogP contribution in [0.5, 0.6) is 5.75 Å². The molecular weight excluding hydrogens is 430 g/mol. The molecule has 2 aromatic rings. The molecule has 174 valence electrons. The standard InChI is InChI=1S/C23H31N3O5S/c1-6-24-23(28)18(3)25(15-19-9-7-17(2)8-10-19)22(27)16-26(32(5,29)30)20-11-13-21(31-4)14-12-20/h7-14,18H,6,15-16H2,1-5H3,(H,24,28). The Morgan fingerprint density at radius 2 is 1.66 bits per heavy atom. The fraction of sp³-hybridized carbons (Fsp3) is 0.391. The van der Waals surface area contributed by atoms with Crippen LogP contribution >= 0.6 is 0 Å². The van der Waals surface area contributed by atoms with Gasteiger partial charge in [0.1, 0.15) is 18.3 Å². The van der Waals surface area contributed by atoms with Gasteiger partial charge >= 0.3 is 0 Å². The molecule has 0 aliphatic heterocycles. The number of hydrogen-bond acceptors (Lipinski definition) is 5. The Labute approximate surface area is 190 Å². The van der Waals surface area contributed by atoms with Crippen molar-refractivity contribution in [2.24, 2.45) is 0 Å². The average molecular weight is 462 g/mol. The SMILES string of the molecule is CCNC(=O)C(C)N(Cc1ccc(C)cc1)C(=O)CN(c1ccc(OC)cc1)S(C)(=O)=O. The van der Waals surface area contributed by atoms with Gasteiger partial charge in [0.2, 0.25) is 21.8 Å². The number of nitrogens with zero attached hydrogens (tertiary/aromatic N) is 2. The largest absolute Gasteiger partial charge is 0.497 e. The van der Waals surface area contributed by atoms with Crippen LogP contribution in [0.3, 0.4) is 0 Å². The Kier molecular flexibility index (Phi) is 8.65. The number of nitrogens with one attached hydrogen (secondary N) is 1. The van der Waals surface area contributed by atoms with E-state index >= 15 is 0 Å². The zero-order chi connectivity index (χ0) is 23.9. The molecule has 8 nitrogen and oxygen atoms in total. The lowest BCUT2D eigenvalue weighted by Crippen LogP contribution is -2.51. The molecule has 0 heterocycles. The first-order valence-corrected chi connectivity index (χ1v) is 12.2. The molecule has 2 aromatic carbocycles. The van der Waals surface area contributed by atoms with E-state index in [0.717, 1.165) is 21.7 Å². The van der Waals surface area contributed by atoms with Crippen molar-refractivity contribution in [1.82, 2.24) is 10.2 Å². The van der Waals surface area contributed by atoms with Crippen LogP contribution in [-0.2, 0) is 26.2 Å². The highest BCUT2D eigenvalue weighted by Gasteiger charge is 2.29. The first kappa shape index (κ1) is 25.2. The predicted molar refractivity (Wildman–Crippen MR) is 125 cm³/mol. The number of sulfonamides is 1. The lowest BCUT2D eigenvalue weighted by Gasteiger charge is -2.31. The molecule has 0 spiro atoms. The van der Waals surface area contributed by atoms with Gasteiger partial charge in [-0.05, 0) is 50.6 Å². The van der Waals surface area contributed by atoms with Crippen LogP contribution in [-0.4, -0.2) is 57.6 Å². The zero-order valence-electron chi connectivity index (χ0n) is 19.2. The highest BCUT2D eigenvalue weighted by atomic mass is 32.2. The van der Waals surface area contributed by atoms with E-state index in [1.165, 1.54) is 12.0 Å².